The van der Waals surface area contributed by atoms with Crippen LogP contribution in [0.25, 0.3) is 32.9 Å². The zero-order chi connectivity index (χ0) is 45.6. The number of alkyl halides is 1. The normalized spacial score (nSPS) is 25.8. The van der Waals surface area contributed by atoms with Crippen molar-refractivity contribution in [3.05, 3.63) is 53.2 Å². The summed E-state index contributed by atoms with van der Waals surface area (Å²) in [5.41, 5.74) is 5.13. The van der Waals surface area contributed by atoms with E-state index in [0.29, 0.717) is 70.4 Å². The molecule has 4 saturated heterocycles. The van der Waals surface area contributed by atoms with E-state index in [2.05, 4.69) is 69.7 Å². The first-order valence-electron chi connectivity index (χ1n) is 23.8. The minimum Gasteiger partial charge on any atom is -0.461 e. The Kier molecular flexibility index (Phi) is 11.5. The molecule has 2 bridgehead atoms. The van der Waals surface area contributed by atoms with Gasteiger partial charge in [-0.3, -0.25) is 9.80 Å². The summed E-state index contributed by atoms with van der Waals surface area (Å²) in [6, 6.07) is 8.40. The van der Waals surface area contributed by atoms with E-state index in [1.165, 1.54) is 6.07 Å². The van der Waals surface area contributed by atoms with Crippen LogP contribution < -0.4 is 9.64 Å². The van der Waals surface area contributed by atoms with Crippen molar-refractivity contribution in [1.82, 2.24) is 24.8 Å². The standard InChI is InChI=1S/C51H65F3N6O3Si/c1-29(2)64(30(3)4,31(5)6)24-21-36-38(53)18-16-33-13-11-14-37(41(33)36)45-43(54)46-42-44(55-45)32(7)15-19-39-40-20-17-35(60(40)49(61)63-50(8,9)10)27-59(39)47(42)57-48(56-46)62-28-51-22-12-23-58(51)26-34(52)25-51/h11,13-14,16,18,29-32,34-35,39-40H,12,15,17,19-20,22-23,25-28H2,1-10H3/t32-,34+,35+,39+,40-,51-/m0/s1. The lowest BCUT2D eigenvalue weighted by atomic mass is 9.88. The van der Waals surface area contributed by atoms with E-state index in [1.807, 2.05) is 43.9 Å². The van der Waals surface area contributed by atoms with Crippen LogP contribution in [0.5, 0.6) is 6.01 Å². The topological polar surface area (TPSA) is 83.9 Å². The summed E-state index contributed by atoms with van der Waals surface area (Å²) in [4.78, 5) is 35.5. The van der Waals surface area contributed by atoms with Gasteiger partial charge in [0.1, 0.15) is 49.3 Å². The number of anilines is 1. The first-order valence-corrected chi connectivity index (χ1v) is 26.0. The van der Waals surface area contributed by atoms with Crippen molar-refractivity contribution < 1.29 is 27.4 Å². The predicted molar refractivity (Wildman–Crippen MR) is 250 cm³/mol. The molecule has 0 saturated carbocycles. The molecule has 342 valence electrons. The molecule has 4 fully saturated rings. The smallest absolute Gasteiger partial charge is 0.410 e. The lowest BCUT2D eigenvalue weighted by molar-refractivity contribution is 0.00692. The molecule has 2 aromatic heterocycles. The van der Waals surface area contributed by atoms with Crippen LogP contribution in [0.4, 0.5) is 23.8 Å². The third-order valence-electron chi connectivity index (χ3n) is 15.6. The Morgan fingerprint density at radius 2 is 1.67 bits per heavy atom. The number of ether oxygens (including phenoxy) is 2. The molecule has 6 atom stereocenters. The van der Waals surface area contributed by atoms with Crippen LogP contribution >= 0.6 is 0 Å². The van der Waals surface area contributed by atoms with Crippen LogP contribution in [0.1, 0.15) is 131 Å². The highest BCUT2D eigenvalue weighted by atomic mass is 28.3. The molecule has 9 nitrogen and oxygen atoms in total. The number of carbonyl (C=O) groups is 1. The van der Waals surface area contributed by atoms with Crippen molar-refractivity contribution in [1.29, 1.82) is 0 Å². The van der Waals surface area contributed by atoms with Crippen molar-refractivity contribution >= 4 is 41.7 Å². The maximum absolute atomic E-state index is 18.1. The molecule has 13 heteroatoms. The van der Waals surface area contributed by atoms with Crippen LogP contribution in [0.2, 0.25) is 16.6 Å². The van der Waals surface area contributed by atoms with Gasteiger partial charge in [-0.1, -0.05) is 78.7 Å². The molecule has 9 rings (SSSR count). The van der Waals surface area contributed by atoms with E-state index in [0.717, 1.165) is 44.0 Å². The number of halogens is 3. The Morgan fingerprint density at radius 1 is 0.938 bits per heavy atom. The molecule has 2 aromatic carbocycles. The van der Waals surface area contributed by atoms with Crippen LogP contribution in [-0.2, 0) is 4.74 Å². The first kappa shape index (κ1) is 44.8. The van der Waals surface area contributed by atoms with Gasteiger partial charge in [0.25, 0.3) is 0 Å². The van der Waals surface area contributed by atoms with Gasteiger partial charge in [0, 0.05) is 30.5 Å². The third kappa shape index (κ3) is 7.43. The Balaban J connectivity index is 1.24. The van der Waals surface area contributed by atoms with Gasteiger partial charge in [-0.2, -0.15) is 9.97 Å². The Bertz CT molecular complexity index is 2530. The SMILES string of the molecule is CC(C)[Si](C#Cc1c(F)ccc2cccc(-c3nc4c5c(nc(OC[C@@]67CCCN6C[C@H](F)C7)nc5c3F)N3C[C@H]5CC[C@@H]([C@H]3CC[C@@H]4C)N5C(=O)OC(C)(C)C)c12)(C(C)C)C(C)C. The van der Waals surface area contributed by atoms with Crippen LogP contribution in [0, 0.1) is 23.1 Å². The average molecular weight is 895 g/mol. The van der Waals surface area contributed by atoms with Gasteiger partial charge < -0.3 is 14.4 Å². The molecule has 7 heterocycles. The van der Waals surface area contributed by atoms with E-state index in [-0.39, 0.29) is 59.5 Å². The number of amides is 1. The van der Waals surface area contributed by atoms with Gasteiger partial charge in [-0.25, -0.2) is 22.9 Å². The monoisotopic (exact) mass is 894 g/mol. The highest BCUT2D eigenvalue weighted by Gasteiger charge is 2.52. The predicted octanol–water partition coefficient (Wildman–Crippen LogP) is 11.5. The van der Waals surface area contributed by atoms with E-state index < -0.39 is 37.0 Å². The Labute approximate surface area is 377 Å². The van der Waals surface area contributed by atoms with E-state index >= 15 is 8.78 Å². The number of piperazine rings is 1. The molecule has 0 aliphatic carbocycles. The van der Waals surface area contributed by atoms with Gasteiger partial charge in [0.15, 0.2) is 5.82 Å². The molecule has 0 radical (unpaired) electrons. The zero-order valence-electron chi connectivity index (χ0n) is 39.3. The molecule has 64 heavy (non-hydrogen) atoms. The summed E-state index contributed by atoms with van der Waals surface area (Å²) >= 11 is 0. The summed E-state index contributed by atoms with van der Waals surface area (Å²) in [5.74, 6) is 2.67. The lowest BCUT2D eigenvalue weighted by Crippen LogP contribution is -2.62. The summed E-state index contributed by atoms with van der Waals surface area (Å²) in [7, 11) is -2.28. The number of rotatable bonds is 7. The van der Waals surface area contributed by atoms with Crippen LogP contribution in [-0.4, -0.2) is 101 Å². The third-order valence-corrected chi connectivity index (χ3v) is 21.9. The Hall–Kier alpha value is -4.41. The quantitative estimate of drug-likeness (QED) is 0.134. The number of hydrogen-bond acceptors (Lipinski definition) is 8. The first-order chi connectivity index (χ1) is 30.3. The van der Waals surface area contributed by atoms with Gasteiger partial charge in [-0.15, -0.1) is 5.54 Å². The number of benzene rings is 2. The van der Waals surface area contributed by atoms with Gasteiger partial charge >= 0.3 is 12.1 Å². The highest BCUT2D eigenvalue weighted by molar-refractivity contribution is 6.90. The van der Waals surface area contributed by atoms with E-state index in [4.69, 9.17) is 24.4 Å². The minimum atomic E-state index is -2.28. The number of hydrogen-bond donors (Lipinski definition) is 0. The summed E-state index contributed by atoms with van der Waals surface area (Å²) in [5, 5.41) is 1.78. The van der Waals surface area contributed by atoms with Crippen molar-refractivity contribution in [3.63, 3.8) is 0 Å². The zero-order valence-corrected chi connectivity index (χ0v) is 40.3. The molecule has 0 unspecified atom stereocenters. The largest absolute Gasteiger partial charge is 0.461 e. The fraction of sp³-hybridized carbons (Fsp3) is 0.608. The van der Waals surface area contributed by atoms with E-state index in [9.17, 15) is 9.18 Å². The number of aromatic nitrogens is 3. The number of nitrogens with zero attached hydrogens (tertiary/aromatic N) is 6. The Morgan fingerprint density at radius 3 is 2.39 bits per heavy atom. The minimum absolute atomic E-state index is 0.0230. The van der Waals surface area contributed by atoms with Crippen LogP contribution in [0.3, 0.4) is 0 Å². The molecule has 0 N–H and O–H groups in total. The molecular weight excluding hydrogens is 830 g/mol. The summed E-state index contributed by atoms with van der Waals surface area (Å²) < 4.78 is 61.9. The van der Waals surface area contributed by atoms with Crippen LogP contribution in [0.15, 0.2) is 30.3 Å². The second-order valence-corrected chi connectivity index (χ2v) is 27.0. The average Bonchev–Trinajstić information content (AvgIpc) is 3.87. The summed E-state index contributed by atoms with van der Waals surface area (Å²) in [6.45, 7) is 23.0. The molecule has 1 amide bonds. The number of carbonyl (C=O) groups excluding carboxylic acids is 1. The highest BCUT2D eigenvalue weighted by Crippen LogP contribution is 2.48. The second kappa shape index (κ2) is 16.5. The molecule has 4 aromatic rings. The molecule has 5 aliphatic heterocycles. The summed E-state index contributed by atoms with van der Waals surface area (Å²) in [6.07, 6.45) is 3.93. The maximum Gasteiger partial charge on any atom is 0.410 e. The fourth-order valence-electron chi connectivity index (χ4n) is 12.7. The van der Waals surface area contributed by atoms with E-state index in [1.54, 1.807) is 6.07 Å². The fourth-order valence-corrected chi connectivity index (χ4v) is 17.9. The maximum atomic E-state index is 18.1. The number of fused-ring (bicyclic) bond motifs is 7. The lowest BCUT2D eigenvalue weighted by Gasteiger charge is -2.48. The van der Waals surface area contributed by atoms with Gasteiger partial charge in [0.05, 0.1) is 40.3 Å². The van der Waals surface area contributed by atoms with Gasteiger partial charge in [-0.05, 0) is 99.8 Å². The van der Waals surface area contributed by atoms with Crippen molar-refractivity contribution in [2.75, 3.05) is 31.1 Å². The van der Waals surface area contributed by atoms with Crippen molar-refractivity contribution in [2.24, 2.45) is 0 Å². The van der Waals surface area contributed by atoms with Crippen molar-refractivity contribution in [3.8, 4) is 28.7 Å². The van der Waals surface area contributed by atoms with Crippen molar-refractivity contribution in [2.45, 2.75) is 172 Å². The molecule has 0 spiro atoms. The molecular formula is C51H65F3N6O3Si. The number of pyridine rings is 1. The second-order valence-electron chi connectivity index (χ2n) is 21.4. The molecule has 5 aliphatic rings. The van der Waals surface area contributed by atoms with Gasteiger partial charge in [0.2, 0.25) is 0 Å².